The molecule has 1 aromatic rings. The Labute approximate surface area is 151 Å². The lowest BCUT2D eigenvalue weighted by atomic mass is 9.80. The third-order valence-electron chi connectivity index (χ3n) is 6.31. The van der Waals surface area contributed by atoms with Crippen molar-refractivity contribution in [1.82, 2.24) is 9.88 Å². The zero-order chi connectivity index (χ0) is 17.3. The summed E-state index contributed by atoms with van der Waals surface area (Å²) in [6.45, 7) is 3.72. The Kier molecular flexibility index (Phi) is 4.67. The third-order valence-corrected chi connectivity index (χ3v) is 6.31. The van der Waals surface area contributed by atoms with Crippen molar-refractivity contribution in [3.63, 3.8) is 0 Å². The lowest BCUT2D eigenvalue weighted by molar-refractivity contribution is 0.0430. The number of aromatic nitrogens is 1. The monoisotopic (exact) mass is 336 g/mol. The molecule has 1 aliphatic heterocycles. The number of hydrogen-bond donors (Lipinski definition) is 1. The molecule has 25 heavy (non-hydrogen) atoms. The van der Waals surface area contributed by atoms with Crippen LogP contribution in [0.4, 0.5) is 0 Å². The van der Waals surface area contributed by atoms with Gasteiger partial charge in [0.2, 0.25) is 0 Å². The molecule has 3 aliphatic rings. The number of likely N-dealkylation sites (tertiary alicyclic amines) is 1. The highest BCUT2D eigenvalue weighted by molar-refractivity contribution is 5.23. The zero-order valence-electron chi connectivity index (χ0n) is 15.1. The molecule has 0 aromatic carbocycles. The smallest absolute Gasteiger partial charge is 0.126 e. The van der Waals surface area contributed by atoms with Crippen LogP contribution in [-0.2, 0) is 0 Å². The van der Waals surface area contributed by atoms with E-state index in [4.69, 9.17) is 0 Å². The zero-order valence-corrected chi connectivity index (χ0v) is 15.1. The van der Waals surface area contributed by atoms with Gasteiger partial charge in [-0.25, -0.2) is 0 Å². The lowest BCUT2D eigenvalue weighted by Crippen LogP contribution is -2.36. The summed E-state index contributed by atoms with van der Waals surface area (Å²) in [6, 6.07) is 4.59. The molecule has 3 heteroatoms. The summed E-state index contributed by atoms with van der Waals surface area (Å²) < 4.78 is 0. The van der Waals surface area contributed by atoms with Gasteiger partial charge in [-0.15, -0.1) is 0 Å². The van der Waals surface area contributed by atoms with E-state index in [2.05, 4.69) is 39.9 Å². The summed E-state index contributed by atoms with van der Waals surface area (Å²) in [5, 5.41) is 10.9. The molecule has 0 unspecified atom stereocenters. The molecule has 3 nitrogen and oxygen atoms in total. The molecule has 1 aromatic heterocycles. The quantitative estimate of drug-likeness (QED) is 0.677. The normalized spacial score (nSPS) is 33.7. The number of aliphatic hydroxyl groups is 1. The van der Waals surface area contributed by atoms with Gasteiger partial charge in [0.25, 0.3) is 0 Å². The molecule has 1 saturated carbocycles. The van der Waals surface area contributed by atoms with Gasteiger partial charge in [0.05, 0.1) is 6.54 Å². The van der Waals surface area contributed by atoms with Crippen LogP contribution in [0.25, 0.3) is 0 Å². The molecule has 2 aliphatic carbocycles. The van der Waals surface area contributed by atoms with Crippen molar-refractivity contribution < 1.29 is 5.11 Å². The first-order valence-electron chi connectivity index (χ1n) is 9.68. The SMILES string of the molecule is C[C@](O)(C#CCN1CCCC[C@H]1c1cccnc1)[C@H]1C[C@H]2C=C[C@H]1C2. The fraction of sp³-hybridized carbons (Fsp3) is 0.591. The number of allylic oxidation sites excluding steroid dienone is 2. The van der Waals surface area contributed by atoms with Crippen molar-refractivity contribution in [2.24, 2.45) is 17.8 Å². The summed E-state index contributed by atoms with van der Waals surface area (Å²) in [6.07, 6.45) is 14.4. The molecule has 0 spiro atoms. The Bertz CT molecular complexity index is 685. The average Bonchev–Trinajstić information content (AvgIpc) is 3.27. The maximum absolute atomic E-state index is 10.9. The van der Waals surface area contributed by atoms with Gasteiger partial charge in [0.15, 0.2) is 0 Å². The average molecular weight is 336 g/mol. The van der Waals surface area contributed by atoms with Crippen LogP contribution in [0.1, 0.15) is 50.6 Å². The molecule has 5 atom stereocenters. The molecule has 2 fully saturated rings. The molecule has 0 radical (unpaired) electrons. The van der Waals surface area contributed by atoms with E-state index in [0.717, 1.165) is 19.5 Å². The predicted molar refractivity (Wildman–Crippen MR) is 99.6 cm³/mol. The van der Waals surface area contributed by atoms with Gasteiger partial charge in [-0.1, -0.05) is 36.5 Å². The Balaban J connectivity index is 1.43. The number of pyridine rings is 1. The van der Waals surface area contributed by atoms with Gasteiger partial charge in [-0.2, -0.15) is 0 Å². The van der Waals surface area contributed by atoms with Crippen LogP contribution < -0.4 is 0 Å². The van der Waals surface area contributed by atoms with Crippen molar-refractivity contribution >= 4 is 0 Å². The summed E-state index contributed by atoms with van der Waals surface area (Å²) >= 11 is 0. The van der Waals surface area contributed by atoms with Crippen LogP contribution >= 0.6 is 0 Å². The second kappa shape index (κ2) is 6.94. The predicted octanol–water partition coefficient (Wildman–Crippen LogP) is 3.58. The van der Waals surface area contributed by atoms with E-state index >= 15 is 0 Å². The minimum atomic E-state index is -0.871. The van der Waals surface area contributed by atoms with Gasteiger partial charge in [-0.05, 0) is 62.6 Å². The first-order chi connectivity index (χ1) is 12.1. The van der Waals surface area contributed by atoms with E-state index in [1.165, 1.54) is 31.2 Å². The van der Waals surface area contributed by atoms with Crippen molar-refractivity contribution in [3.8, 4) is 11.8 Å². The molecule has 2 heterocycles. The fourth-order valence-corrected chi connectivity index (χ4v) is 4.97. The molecule has 1 N–H and O–H groups in total. The van der Waals surface area contributed by atoms with Gasteiger partial charge in [-0.3, -0.25) is 9.88 Å². The highest BCUT2D eigenvalue weighted by Gasteiger charge is 2.44. The number of nitrogens with zero attached hydrogens (tertiary/aromatic N) is 2. The lowest BCUT2D eigenvalue weighted by Gasteiger charge is -2.34. The largest absolute Gasteiger partial charge is 0.378 e. The maximum Gasteiger partial charge on any atom is 0.126 e. The standard InChI is InChI=1S/C22H28N2O/c1-22(25,20-15-17-8-9-18(20)14-17)10-5-13-24-12-3-2-7-21(24)19-6-4-11-23-16-19/h4,6,8-9,11,16-18,20-21,25H,2-3,7,12-15H2,1H3/t17-,18-,20-,21-,22-/m0/s1. The first kappa shape index (κ1) is 16.8. The van der Waals surface area contributed by atoms with E-state index in [0.29, 0.717) is 23.8 Å². The van der Waals surface area contributed by atoms with Crippen LogP contribution in [-0.4, -0.2) is 33.7 Å². The first-order valence-corrected chi connectivity index (χ1v) is 9.68. The summed E-state index contributed by atoms with van der Waals surface area (Å²) in [4.78, 5) is 6.73. The second-order valence-corrected chi connectivity index (χ2v) is 8.10. The van der Waals surface area contributed by atoms with Gasteiger partial charge < -0.3 is 5.11 Å². The fourth-order valence-electron chi connectivity index (χ4n) is 4.97. The minimum absolute atomic E-state index is 0.297. The van der Waals surface area contributed by atoms with E-state index in [-0.39, 0.29) is 0 Å². The molecule has 132 valence electrons. The molecule has 4 rings (SSSR count). The van der Waals surface area contributed by atoms with Crippen molar-refractivity contribution in [2.75, 3.05) is 13.1 Å². The maximum atomic E-state index is 10.9. The van der Waals surface area contributed by atoms with E-state index in [9.17, 15) is 5.11 Å². The van der Waals surface area contributed by atoms with Crippen molar-refractivity contribution in [2.45, 2.75) is 50.7 Å². The number of hydrogen-bond acceptors (Lipinski definition) is 3. The van der Waals surface area contributed by atoms with Crippen LogP contribution in [0, 0.1) is 29.6 Å². The molecular weight excluding hydrogens is 308 g/mol. The van der Waals surface area contributed by atoms with Gasteiger partial charge in [0.1, 0.15) is 5.60 Å². The number of piperidine rings is 1. The third kappa shape index (κ3) is 3.52. The van der Waals surface area contributed by atoms with Crippen molar-refractivity contribution in [1.29, 1.82) is 0 Å². The number of rotatable bonds is 3. The van der Waals surface area contributed by atoms with E-state index < -0.39 is 5.60 Å². The highest BCUT2D eigenvalue weighted by Crippen LogP contribution is 2.47. The second-order valence-electron chi connectivity index (χ2n) is 8.10. The van der Waals surface area contributed by atoms with Crippen LogP contribution in [0.3, 0.4) is 0 Å². The van der Waals surface area contributed by atoms with Gasteiger partial charge >= 0.3 is 0 Å². The molecule has 1 saturated heterocycles. The summed E-state index contributed by atoms with van der Waals surface area (Å²) in [5.41, 5.74) is 0.415. The molecular formula is C22H28N2O. The molecule has 2 bridgehead atoms. The summed E-state index contributed by atoms with van der Waals surface area (Å²) in [7, 11) is 0. The Hall–Kier alpha value is -1.63. The number of fused-ring (bicyclic) bond motifs is 2. The van der Waals surface area contributed by atoms with Gasteiger partial charge in [0, 0.05) is 24.4 Å². The summed E-state index contributed by atoms with van der Waals surface area (Å²) in [5.74, 6) is 8.02. The van der Waals surface area contributed by atoms with E-state index in [1.54, 1.807) is 0 Å². The van der Waals surface area contributed by atoms with Crippen LogP contribution in [0.5, 0.6) is 0 Å². The highest BCUT2D eigenvalue weighted by atomic mass is 16.3. The van der Waals surface area contributed by atoms with Crippen LogP contribution in [0.15, 0.2) is 36.7 Å². The Morgan fingerprint density at radius 3 is 2.96 bits per heavy atom. The Morgan fingerprint density at radius 2 is 2.24 bits per heavy atom. The van der Waals surface area contributed by atoms with Crippen molar-refractivity contribution in [3.05, 3.63) is 42.2 Å². The topological polar surface area (TPSA) is 36.4 Å². The molecule has 0 amide bonds. The van der Waals surface area contributed by atoms with E-state index in [1.807, 2.05) is 25.4 Å². The Morgan fingerprint density at radius 1 is 1.32 bits per heavy atom. The minimum Gasteiger partial charge on any atom is -0.378 e. The van der Waals surface area contributed by atoms with Crippen LogP contribution in [0.2, 0.25) is 0 Å².